The molecule has 1 aromatic carbocycles. The van der Waals surface area contributed by atoms with E-state index in [4.69, 9.17) is 10.2 Å². The fourth-order valence-corrected chi connectivity index (χ4v) is 1.99. The van der Waals surface area contributed by atoms with Crippen LogP contribution in [0.15, 0.2) is 30.3 Å². The highest BCUT2D eigenvalue weighted by molar-refractivity contribution is 5.97. The van der Waals surface area contributed by atoms with Gasteiger partial charge in [-0.1, -0.05) is 30.3 Å². The number of carbonyl (C=O) groups is 3. The van der Waals surface area contributed by atoms with Crippen molar-refractivity contribution in [1.29, 1.82) is 0 Å². The Labute approximate surface area is 108 Å². The number of urea groups is 1. The Kier molecular flexibility index (Phi) is 3.37. The SMILES string of the molecule is O=C(O)C1CN(Cc2ccccc2)C(=O)N1C(=O)O. The smallest absolute Gasteiger partial charge is 0.416 e. The molecule has 100 valence electrons. The summed E-state index contributed by atoms with van der Waals surface area (Å²) in [5, 5.41) is 17.9. The molecule has 1 saturated heterocycles. The average Bonchev–Trinajstić information content (AvgIpc) is 2.68. The summed E-state index contributed by atoms with van der Waals surface area (Å²) in [7, 11) is 0. The van der Waals surface area contributed by atoms with Gasteiger partial charge in [0, 0.05) is 6.54 Å². The van der Waals surface area contributed by atoms with Crippen LogP contribution in [0.2, 0.25) is 0 Å². The topological polar surface area (TPSA) is 98.2 Å². The van der Waals surface area contributed by atoms with Crippen molar-refractivity contribution in [2.24, 2.45) is 0 Å². The Hall–Kier alpha value is -2.57. The van der Waals surface area contributed by atoms with Gasteiger partial charge in [-0.25, -0.2) is 19.3 Å². The molecule has 19 heavy (non-hydrogen) atoms. The van der Waals surface area contributed by atoms with Crippen molar-refractivity contribution in [3.63, 3.8) is 0 Å². The van der Waals surface area contributed by atoms with Gasteiger partial charge in [-0.3, -0.25) is 0 Å². The summed E-state index contributed by atoms with van der Waals surface area (Å²) < 4.78 is 0. The lowest BCUT2D eigenvalue weighted by Gasteiger charge is -2.15. The molecule has 1 aromatic rings. The highest BCUT2D eigenvalue weighted by atomic mass is 16.4. The third kappa shape index (κ3) is 2.49. The van der Waals surface area contributed by atoms with Crippen LogP contribution < -0.4 is 0 Å². The number of rotatable bonds is 3. The van der Waals surface area contributed by atoms with Crippen LogP contribution >= 0.6 is 0 Å². The van der Waals surface area contributed by atoms with E-state index in [-0.39, 0.29) is 13.1 Å². The normalized spacial score (nSPS) is 18.7. The molecule has 1 aliphatic rings. The van der Waals surface area contributed by atoms with Crippen molar-refractivity contribution in [2.45, 2.75) is 12.6 Å². The molecule has 1 atom stereocenters. The first-order valence-corrected chi connectivity index (χ1v) is 5.58. The van der Waals surface area contributed by atoms with Gasteiger partial charge in [0.15, 0.2) is 6.04 Å². The summed E-state index contributed by atoms with van der Waals surface area (Å²) in [5.41, 5.74) is 0.812. The van der Waals surface area contributed by atoms with E-state index in [1.54, 1.807) is 24.3 Å². The summed E-state index contributed by atoms with van der Waals surface area (Å²) in [6.07, 6.45) is -1.55. The summed E-state index contributed by atoms with van der Waals surface area (Å²) in [6.45, 7) is 0.0442. The standard InChI is InChI=1S/C12H12N2O5/c15-10(16)9-7-13(11(17)14(9)12(18)19)6-8-4-2-1-3-5-8/h1-5,9H,6-7H2,(H,15,16)(H,18,19). The molecule has 1 aliphatic heterocycles. The number of carboxylic acid groups (broad SMARTS) is 2. The number of hydrogen-bond acceptors (Lipinski definition) is 3. The fourth-order valence-electron chi connectivity index (χ4n) is 1.99. The molecule has 2 rings (SSSR count). The number of hydrogen-bond donors (Lipinski definition) is 2. The number of aliphatic carboxylic acids is 1. The van der Waals surface area contributed by atoms with Crippen LogP contribution in [0.5, 0.6) is 0 Å². The zero-order valence-corrected chi connectivity index (χ0v) is 9.89. The van der Waals surface area contributed by atoms with E-state index in [0.717, 1.165) is 5.56 Å². The second kappa shape index (κ2) is 4.97. The zero-order valence-electron chi connectivity index (χ0n) is 9.89. The third-order valence-corrected chi connectivity index (χ3v) is 2.89. The van der Waals surface area contributed by atoms with Gasteiger partial charge in [0.1, 0.15) is 0 Å². The summed E-state index contributed by atoms with van der Waals surface area (Å²) >= 11 is 0. The first kappa shape index (κ1) is 12.9. The third-order valence-electron chi connectivity index (χ3n) is 2.89. The molecular weight excluding hydrogens is 252 g/mol. The largest absolute Gasteiger partial charge is 0.480 e. The summed E-state index contributed by atoms with van der Waals surface area (Å²) in [6, 6.07) is 6.81. The predicted octanol–water partition coefficient (Wildman–Crippen LogP) is 1.06. The average molecular weight is 264 g/mol. The molecule has 3 amide bonds. The lowest BCUT2D eigenvalue weighted by Crippen LogP contribution is -2.43. The van der Waals surface area contributed by atoms with E-state index >= 15 is 0 Å². The molecule has 1 unspecified atom stereocenters. The van der Waals surface area contributed by atoms with Crippen molar-refractivity contribution < 1.29 is 24.6 Å². The maximum atomic E-state index is 11.9. The van der Waals surface area contributed by atoms with Gasteiger partial charge in [-0.2, -0.15) is 0 Å². The molecule has 0 spiro atoms. The highest BCUT2D eigenvalue weighted by Crippen LogP contribution is 2.19. The molecule has 7 nitrogen and oxygen atoms in total. The van der Waals surface area contributed by atoms with E-state index in [1.807, 2.05) is 6.07 Å². The minimum Gasteiger partial charge on any atom is -0.480 e. The Balaban J connectivity index is 2.18. The van der Waals surface area contributed by atoms with E-state index in [9.17, 15) is 14.4 Å². The zero-order chi connectivity index (χ0) is 14.0. The maximum Gasteiger partial charge on any atom is 0.416 e. The van der Waals surface area contributed by atoms with Gasteiger partial charge >= 0.3 is 18.1 Å². The number of benzene rings is 1. The Morgan fingerprint density at radius 2 is 1.84 bits per heavy atom. The van der Waals surface area contributed by atoms with Crippen LogP contribution in [0.25, 0.3) is 0 Å². The molecule has 0 saturated carbocycles. The quantitative estimate of drug-likeness (QED) is 0.850. The lowest BCUT2D eigenvalue weighted by molar-refractivity contribution is -0.140. The van der Waals surface area contributed by atoms with Crippen LogP contribution in [0.4, 0.5) is 9.59 Å². The number of carboxylic acids is 1. The van der Waals surface area contributed by atoms with Crippen molar-refractivity contribution in [2.75, 3.05) is 6.54 Å². The van der Waals surface area contributed by atoms with E-state index in [2.05, 4.69) is 0 Å². The van der Waals surface area contributed by atoms with Crippen LogP contribution in [-0.4, -0.2) is 50.7 Å². The molecular formula is C12H12N2O5. The van der Waals surface area contributed by atoms with Crippen LogP contribution in [0, 0.1) is 0 Å². The van der Waals surface area contributed by atoms with Crippen molar-refractivity contribution >= 4 is 18.1 Å². The monoisotopic (exact) mass is 264 g/mol. The maximum absolute atomic E-state index is 11.9. The first-order chi connectivity index (χ1) is 9.00. The molecule has 0 radical (unpaired) electrons. The van der Waals surface area contributed by atoms with Crippen LogP contribution in [0.1, 0.15) is 5.56 Å². The van der Waals surface area contributed by atoms with E-state index < -0.39 is 24.1 Å². The van der Waals surface area contributed by atoms with Crippen molar-refractivity contribution in [3.8, 4) is 0 Å². The van der Waals surface area contributed by atoms with Crippen LogP contribution in [0.3, 0.4) is 0 Å². The molecule has 1 heterocycles. The Morgan fingerprint density at radius 1 is 1.21 bits per heavy atom. The lowest BCUT2D eigenvalue weighted by atomic mass is 10.2. The number of imide groups is 1. The number of amides is 3. The van der Waals surface area contributed by atoms with Gasteiger partial charge in [-0.05, 0) is 5.56 Å². The summed E-state index contributed by atoms with van der Waals surface area (Å²) in [4.78, 5) is 35.4. The van der Waals surface area contributed by atoms with Crippen LogP contribution in [-0.2, 0) is 11.3 Å². The molecule has 7 heteroatoms. The minimum atomic E-state index is -1.55. The summed E-state index contributed by atoms with van der Waals surface area (Å²) in [5.74, 6) is -1.33. The predicted molar refractivity (Wildman–Crippen MR) is 63.5 cm³/mol. The molecule has 1 fully saturated rings. The van der Waals surface area contributed by atoms with Gasteiger partial charge < -0.3 is 15.1 Å². The molecule has 0 aliphatic carbocycles. The van der Waals surface area contributed by atoms with Gasteiger partial charge in [0.05, 0.1) is 6.54 Å². The Morgan fingerprint density at radius 3 is 2.32 bits per heavy atom. The van der Waals surface area contributed by atoms with Gasteiger partial charge in [0.25, 0.3) is 0 Å². The van der Waals surface area contributed by atoms with E-state index in [1.165, 1.54) is 4.90 Å². The highest BCUT2D eigenvalue weighted by Gasteiger charge is 2.45. The van der Waals surface area contributed by atoms with Gasteiger partial charge in [-0.15, -0.1) is 0 Å². The molecule has 0 bridgehead atoms. The van der Waals surface area contributed by atoms with Gasteiger partial charge in [0.2, 0.25) is 0 Å². The fraction of sp³-hybridized carbons (Fsp3) is 0.250. The van der Waals surface area contributed by atoms with Crippen molar-refractivity contribution in [1.82, 2.24) is 9.80 Å². The second-order valence-electron chi connectivity index (χ2n) is 4.16. The van der Waals surface area contributed by atoms with E-state index in [0.29, 0.717) is 4.90 Å². The second-order valence-corrected chi connectivity index (χ2v) is 4.16. The number of nitrogens with zero attached hydrogens (tertiary/aromatic N) is 2. The molecule has 0 aromatic heterocycles. The van der Waals surface area contributed by atoms with Crippen molar-refractivity contribution in [3.05, 3.63) is 35.9 Å². The molecule has 2 N–H and O–H groups in total. The minimum absolute atomic E-state index is 0.143. The first-order valence-electron chi connectivity index (χ1n) is 5.58. The Bertz CT molecular complexity index is 516. The number of carbonyl (C=O) groups excluding carboxylic acids is 1.